The highest BCUT2D eigenvalue weighted by Crippen LogP contribution is 2.31. The van der Waals surface area contributed by atoms with E-state index in [2.05, 4.69) is 5.32 Å². The van der Waals surface area contributed by atoms with Gasteiger partial charge in [-0.1, -0.05) is 50.0 Å². The Morgan fingerprint density at radius 1 is 1.31 bits per heavy atom. The Bertz CT molecular complexity index is 772. The molecular weight excluding hydrogens is 372 g/mol. The molecule has 1 aliphatic rings. The topological polar surface area (TPSA) is 86.7 Å². The van der Waals surface area contributed by atoms with Crippen molar-refractivity contribution in [2.24, 2.45) is 5.92 Å². The summed E-state index contributed by atoms with van der Waals surface area (Å²) in [5.41, 5.74) is 1.12. The fourth-order valence-electron chi connectivity index (χ4n) is 2.36. The van der Waals surface area contributed by atoms with Crippen LogP contribution in [0, 0.1) is 5.92 Å². The standard InChI is InChI=1S/C18H20N2O4S2/c1-10(2)8-13(17(23)24)19-15(21)12-6-4-11(5-7-12)9-14-16(22)20(3)18(25)26-14/h4-7,9-10,13H,8H2,1-3H3,(H,19,21)(H,23,24)/b14-9+/t13-/m1/s1. The van der Waals surface area contributed by atoms with Crippen molar-refractivity contribution < 1.29 is 19.5 Å². The second-order valence-corrected chi connectivity index (χ2v) is 8.03. The minimum absolute atomic E-state index is 0.149. The lowest BCUT2D eigenvalue weighted by atomic mass is 10.0. The van der Waals surface area contributed by atoms with Gasteiger partial charge in [-0.3, -0.25) is 14.5 Å². The molecule has 2 N–H and O–H groups in total. The van der Waals surface area contributed by atoms with Gasteiger partial charge in [-0.2, -0.15) is 0 Å². The smallest absolute Gasteiger partial charge is 0.326 e. The quantitative estimate of drug-likeness (QED) is 0.572. The number of carbonyl (C=O) groups excluding carboxylic acids is 2. The number of carboxylic acids is 1. The van der Waals surface area contributed by atoms with Gasteiger partial charge in [-0.15, -0.1) is 0 Å². The lowest BCUT2D eigenvalue weighted by molar-refractivity contribution is -0.139. The van der Waals surface area contributed by atoms with Gasteiger partial charge in [0.05, 0.1) is 4.91 Å². The van der Waals surface area contributed by atoms with Crippen LogP contribution < -0.4 is 5.32 Å². The molecule has 1 fully saturated rings. The van der Waals surface area contributed by atoms with Gasteiger partial charge in [0.25, 0.3) is 11.8 Å². The average Bonchev–Trinajstić information content (AvgIpc) is 2.81. The van der Waals surface area contributed by atoms with Gasteiger partial charge in [0.15, 0.2) is 0 Å². The first-order valence-corrected chi connectivity index (χ1v) is 9.26. The number of amides is 2. The second-order valence-electron chi connectivity index (χ2n) is 6.36. The highest BCUT2D eigenvalue weighted by molar-refractivity contribution is 8.26. The van der Waals surface area contributed by atoms with Crippen LogP contribution in [0.1, 0.15) is 36.2 Å². The first kappa shape index (κ1) is 20.1. The van der Waals surface area contributed by atoms with Gasteiger partial charge < -0.3 is 10.4 Å². The van der Waals surface area contributed by atoms with Crippen molar-refractivity contribution in [3.63, 3.8) is 0 Å². The summed E-state index contributed by atoms with van der Waals surface area (Å²) in [6.07, 6.45) is 2.07. The first-order chi connectivity index (χ1) is 12.2. The Morgan fingerprint density at radius 2 is 1.92 bits per heavy atom. The fraction of sp³-hybridized carbons (Fsp3) is 0.333. The predicted octanol–water partition coefficient (Wildman–Crippen LogP) is 2.75. The summed E-state index contributed by atoms with van der Waals surface area (Å²) in [6.45, 7) is 3.80. The van der Waals surface area contributed by atoms with E-state index in [1.54, 1.807) is 37.4 Å². The van der Waals surface area contributed by atoms with Crippen LogP contribution in [0.5, 0.6) is 0 Å². The molecule has 1 heterocycles. The van der Waals surface area contributed by atoms with E-state index >= 15 is 0 Å². The monoisotopic (exact) mass is 392 g/mol. The molecule has 0 radical (unpaired) electrons. The number of carbonyl (C=O) groups is 3. The summed E-state index contributed by atoms with van der Waals surface area (Å²) in [5.74, 6) is -1.49. The number of nitrogens with one attached hydrogen (secondary N) is 1. The van der Waals surface area contributed by atoms with E-state index in [9.17, 15) is 19.5 Å². The molecule has 0 saturated carbocycles. The second kappa shape index (κ2) is 8.46. The van der Waals surface area contributed by atoms with Crippen LogP contribution in [0.3, 0.4) is 0 Å². The number of hydrogen-bond donors (Lipinski definition) is 2. The highest BCUT2D eigenvalue weighted by Gasteiger charge is 2.28. The number of thioether (sulfide) groups is 1. The molecule has 0 unspecified atom stereocenters. The van der Waals surface area contributed by atoms with Gasteiger partial charge in [0, 0.05) is 12.6 Å². The van der Waals surface area contributed by atoms with Crippen LogP contribution in [0.4, 0.5) is 0 Å². The largest absolute Gasteiger partial charge is 0.480 e. The van der Waals surface area contributed by atoms with Crippen LogP contribution >= 0.6 is 24.0 Å². The Labute approximate surface area is 161 Å². The van der Waals surface area contributed by atoms with Gasteiger partial charge in [-0.25, -0.2) is 4.79 Å². The van der Waals surface area contributed by atoms with Gasteiger partial charge in [-0.05, 0) is 36.1 Å². The van der Waals surface area contributed by atoms with Crippen LogP contribution in [0.15, 0.2) is 29.2 Å². The maximum atomic E-state index is 12.3. The van der Waals surface area contributed by atoms with Crippen LogP contribution in [0.2, 0.25) is 0 Å². The van der Waals surface area contributed by atoms with Crippen molar-refractivity contribution in [1.29, 1.82) is 0 Å². The Hall–Kier alpha value is -2.19. The fourth-order valence-corrected chi connectivity index (χ4v) is 3.54. The van der Waals surface area contributed by atoms with Crippen molar-refractivity contribution in [2.75, 3.05) is 7.05 Å². The molecule has 0 aliphatic carbocycles. The van der Waals surface area contributed by atoms with E-state index in [4.69, 9.17) is 12.2 Å². The molecule has 0 aromatic heterocycles. The van der Waals surface area contributed by atoms with E-state index in [1.807, 2.05) is 13.8 Å². The molecule has 8 heteroatoms. The van der Waals surface area contributed by atoms with E-state index in [0.717, 1.165) is 5.56 Å². The van der Waals surface area contributed by atoms with Crippen molar-refractivity contribution in [3.05, 3.63) is 40.3 Å². The third-order valence-corrected chi connectivity index (χ3v) is 5.25. The Balaban J connectivity index is 2.09. The van der Waals surface area contributed by atoms with Crippen LogP contribution in [-0.2, 0) is 9.59 Å². The van der Waals surface area contributed by atoms with Gasteiger partial charge >= 0.3 is 5.97 Å². The average molecular weight is 393 g/mol. The molecule has 6 nitrogen and oxygen atoms in total. The van der Waals surface area contributed by atoms with Crippen LogP contribution in [-0.4, -0.2) is 45.2 Å². The number of likely N-dealkylation sites (N-methyl/N-ethyl adjacent to an activating group) is 1. The number of hydrogen-bond acceptors (Lipinski definition) is 5. The molecular formula is C18H20N2O4S2. The SMILES string of the molecule is CC(C)C[C@@H](NC(=O)c1ccc(/C=C2/SC(=S)N(C)C2=O)cc1)C(=O)O. The molecule has 0 bridgehead atoms. The Morgan fingerprint density at radius 3 is 2.38 bits per heavy atom. The summed E-state index contributed by atoms with van der Waals surface area (Å²) >= 11 is 6.31. The van der Waals surface area contributed by atoms with Crippen molar-refractivity contribution in [2.45, 2.75) is 26.3 Å². The minimum Gasteiger partial charge on any atom is -0.480 e. The molecule has 0 spiro atoms. The highest BCUT2D eigenvalue weighted by atomic mass is 32.2. The molecule has 1 aromatic carbocycles. The van der Waals surface area contributed by atoms with Crippen molar-refractivity contribution in [3.8, 4) is 0 Å². The van der Waals surface area contributed by atoms with Crippen molar-refractivity contribution >= 4 is 52.2 Å². The van der Waals surface area contributed by atoms with E-state index in [-0.39, 0.29) is 11.8 Å². The maximum absolute atomic E-state index is 12.3. The zero-order valence-electron chi connectivity index (χ0n) is 14.7. The number of benzene rings is 1. The summed E-state index contributed by atoms with van der Waals surface area (Å²) in [7, 11) is 1.63. The third-order valence-electron chi connectivity index (χ3n) is 3.77. The summed E-state index contributed by atoms with van der Waals surface area (Å²) in [5, 5.41) is 11.8. The lowest BCUT2D eigenvalue weighted by Gasteiger charge is -2.16. The first-order valence-electron chi connectivity index (χ1n) is 8.04. The van der Waals surface area contributed by atoms with Gasteiger partial charge in [0.1, 0.15) is 10.4 Å². The molecule has 26 heavy (non-hydrogen) atoms. The molecule has 1 saturated heterocycles. The normalized spacial score (nSPS) is 17.1. The summed E-state index contributed by atoms with van der Waals surface area (Å²) in [6, 6.07) is 5.68. The number of rotatable bonds is 6. The molecule has 2 amide bonds. The molecule has 138 valence electrons. The van der Waals surface area contributed by atoms with E-state index in [0.29, 0.717) is 21.2 Å². The number of nitrogens with zero attached hydrogens (tertiary/aromatic N) is 1. The third kappa shape index (κ3) is 4.92. The summed E-state index contributed by atoms with van der Waals surface area (Å²) < 4.78 is 0.502. The lowest BCUT2D eigenvalue weighted by Crippen LogP contribution is -2.41. The molecule has 2 rings (SSSR count). The molecule has 1 atom stereocenters. The maximum Gasteiger partial charge on any atom is 0.326 e. The molecule has 1 aromatic rings. The minimum atomic E-state index is -1.05. The predicted molar refractivity (Wildman–Crippen MR) is 106 cm³/mol. The molecule has 1 aliphatic heterocycles. The van der Waals surface area contributed by atoms with E-state index < -0.39 is 17.9 Å². The zero-order valence-corrected chi connectivity index (χ0v) is 16.3. The van der Waals surface area contributed by atoms with Gasteiger partial charge in [0.2, 0.25) is 0 Å². The number of thiocarbonyl (C=S) groups is 1. The van der Waals surface area contributed by atoms with Crippen LogP contribution in [0.25, 0.3) is 6.08 Å². The summed E-state index contributed by atoms with van der Waals surface area (Å²) in [4.78, 5) is 37.5. The Kier molecular flexibility index (Phi) is 6.55. The zero-order chi connectivity index (χ0) is 19.4. The number of aliphatic carboxylic acids is 1. The van der Waals surface area contributed by atoms with E-state index in [1.165, 1.54) is 16.7 Å². The number of carboxylic acid groups (broad SMARTS) is 1. The van der Waals surface area contributed by atoms with Crippen molar-refractivity contribution in [1.82, 2.24) is 10.2 Å².